The first kappa shape index (κ1) is 13.2. The van der Waals surface area contributed by atoms with E-state index in [0.29, 0.717) is 16.7 Å². The minimum absolute atomic E-state index is 0.184. The van der Waals surface area contributed by atoms with Crippen molar-refractivity contribution in [1.29, 1.82) is 5.41 Å². The van der Waals surface area contributed by atoms with Gasteiger partial charge in [0.25, 0.3) is 0 Å². The molecule has 16 heavy (non-hydrogen) atoms. The summed E-state index contributed by atoms with van der Waals surface area (Å²) in [6.07, 6.45) is 0.599. The van der Waals surface area contributed by atoms with Gasteiger partial charge in [-0.25, -0.2) is 4.39 Å². The maximum Gasteiger partial charge on any atom is 0.137 e. The van der Waals surface area contributed by atoms with Gasteiger partial charge in [-0.2, -0.15) is 0 Å². The average molecular weight is 287 g/mol. The Morgan fingerprint density at radius 3 is 2.62 bits per heavy atom. The number of hydrogen-bond acceptors (Lipinski definition) is 1. The summed E-state index contributed by atoms with van der Waals surface area (Å²) in [5.41, 5.74) is 0.830. The Balaban J connectivity index is 2.97. The highest BCUT2D eigenvalue weighted by Crippen LogP contribution is 2.30. The lowest BCUT2D eigenvalue weighted by molar-refractivity contribution is 0.538. The molecule has 0 amide bonds. The van der Waals surface area contributed by atoms with Gasteiger partial charge in [-0.3, -0.25) is 5.41 Å². The largest absolute Gasteiger partial charge is 0.377 e. The van der Waals surface area contributed by atoms with Gasteiger partial charge in [0.1, 0.15) is 5.82 Å². The van der Waals surface area contributed by atoms with E-state index in [-0.39, 0.29) is 11.2 Å². The van der Waals surface area contributed by atoms with Crippen molar-refractivity contribution >= 4 is 21.8 Å². The third kappa shape index (κ3) is 3.04. The van der Waals surface area contributed by atoms with E-state index in [4.69, 9.17) is 5.41 Å². The zero-order chi connectivity index (χ0) is 12.3. The second kappa shape index (κ2) is 4.95. The Morgan fingerprint density at radius 1 is 1.50 bits per heavy atom. The van der Waals surface area contributed by atoms with Crippen LogP contribution < -0.4 is 5.32 Å². The zero-order valence-corrected chi connectivity index (χ0v) is 11.3. The Kier molecular flexibility index (Phi) is 4.08. The maximum atomic E-state index is 13.1. The van der Waals surface area contributed by atoms with Crippen LogP contribution >= 0.6 is 15.9 Å². The lowest BCUT2D eigenvalue weighted by Gasteiger charge is -2.25. The van der Waals surface area contributed by atoms with Crippen molar-refractivity contribution in [1.82, 2.24) is 5.32 Å². The molecule has 0 aliphatic heterocycles. The van der Waals surface area contributed by atoms with Crippen LogP contribution in [0.4, 0.5) is 4.39 Å². The third-order valence-electron chi connectivity index (χ3n) is 2.62. The van der Waals surface area contributed by atoms with Crippen LogP contribution in [0.15, 0.2) is 22.7 Å². The van der Waals surface area contributed by atoms with Crippen molar-refractivity contribution in [3.63, 3.8) is 0 Å². The maximum absolute atomic E-state index is 13.1. The van der Waals surface area contributed by atoms with Gasteiger partial charge in [0.2, 0.25) is 0 Å². The van der Waals surface area contributed by atoms with Gasteiger partial charge in [-0.1, -0.05) is 19.9 Å². The van der Waals surface area contributed by atoms with E-state index in [1.807, 2.05) is 13.8 Å². The van der Waals surface area contributed by atoms with Crippen molar-refractivity contribution in [2.24, 2.45) is 0 Å². The summed E-state index contributed by atoms with van der Waals surface area (Å²) in [4.78, 5) is 0. The van der Waals surface area contributed by atoms with Gasteiger partial charge < -0.3 is 5.32 Å². The third-order valence-corrected chi connectivity index (χ3v) is 3.23. The van der Waals surface area contributed by atoms with Crippen molar-refractivity contribution < 1.29 is 4.39 Å². The van der Waals surface area contributed by atoms with E-state index in [2.05, 4.69) is 21.2 Å². The molecule has 0 saturated heterocycles. The standard InChI is InChI=1S/C12H16BrFN2/c1-12(2,7-11(15)16-3)8-4-5-10(14)9(13)6-8/h4-6H,7H2,1-3H3,(H2,15,16). The molecule has 0 atom stereocenters. The molecule has 0 aliphatic carbocycles. The molecule has 0 radical (unpaired) electrons. The van der Waals surface area contributed by atoms with Crippen molar-refractivity contribution in [2.45, 2.75) is 25.7 Å². The Morgan fingerprint density at radius 2 is 2.12 bits per heavy atom. The molecular formula is C12H16BrFN2. The number of benzene rings is 1. The molecule has 0 fully saturated rings. The Labute approximate surface area is 104 Å². The van der Waals surface area contributed by atoms with Crippen LogP contribution in [-0.4, -0.2) is 12.9 Å². The average Bonchev–Trinajstić information content (AvgIpc) is 2.21. The van der Waals surface area contributed by atoms with Crippen LogP contribution in [0.2, 0.25) is 0 Å². The summed E-state index contributed by atoms with van der Waals surface area (Å²) < 4.78 is 13.6. The molecule has 88 valence electrons. The normalized spacial score (nSPS) is 11.3. The molecule has 1 aromatic carbocycles. The second-order valence-corrected chi connectivity index (χ2v) is 5.27. The molecule has 1 rings (SSSR count). The predicted octanol–water partition coefficient (Wildman–Crippen LogP) is 3.45. The highest BCUT2D eigenvalue weighted by atomic mass is 79.9. The van der Waals surface area contributed by atoms with Crippen LogP contribution in [0.25, 0.3) is 0 Å². The number of halogens is 2. The van der Waals surface area contributed by atoms with Gasteiger partial charge in [-0.05, 0) is 39.0 Å². The Bertz CT molecular complexity index is 402. The predicted molar refractivity (Wildman–Crippen MR) is 68.5 cm³/mol. The molecule has 0 saturated carbocycles. The quantitative estimate of drug-likeness (QED) is 0.648. The van der Waals surface area contributed by atoms with Crippen LogP contribution in [0.5, 0.6) is 0 Å². The summed E-state index contributed by atoms with van der Waals surface area (Å²) in [7, 11) is 1.74. The molecule has 0 spiro atoms. The van der Waals surface area contributed by atoms with E-state index < -0.39 is 0 Å². The van der Waals surface area contributed by atoms with Gasteiger partial charge in [0, 0.05) is 13.5 Å². The summed E-state index contributed by atoms with van der Waals surface area (Å²) in [5.74, 6) is 0.216. The molecule has 0 unspecified atom stereocenters. The fraction of sp³-hybridized carbons (Fsp3) is 0.417. The number of nitrogens with one attached hydrogen (secondary N) is 2. The number of amidine groups is 1. The van der Waals surface area contributed by atoms with E-state index >= 15 is 0 Å². The SMILES string of the molecule is CNC(=N)CC(C)(C)c1ccc(F)c(Br)c1. The van der Waals surface area contributed by atoms with Crippen LogP contribution in [0.3, 0.4) is 0 Å². The minimum Gasteiger partial charge on any atom is -0.377 e. The summed E-state index contributed by atoms with van der Waals surface area (Å²) in [5, 5.41) is 10.5. The fourth-order valence-electron chi connectivity index (χ4n) is 1.55. The van der Waals surface area contributed by atoms with Crippen molar-refractivity contribution in [2.75, 3.05) is 7.05 Å². The highest BCUT2D eigenvalue weighted by Gasteiger charge is 2.23. The topological polar surface area (TPSA) is 35.9 Å². The van der Waals surface area contributed by atoms with Gasteiger partial charge in [0.15, 0.2) is 0 Å². The minimum atomic E-state index is -0.261. The second-order valence-electron chi connectivity index (χ2n) is 4.42. The van der Waals surface area contributed by atoms with E-state index in [0.717, 1.165) is 5.56 Å². The van der Waals surface area contributed by atoms with Gasteiger partial charge in [-0.15, -0.1) is 0 Å². The van der Waals surface area contributed by atoms with E-state index in [1.165, 1.54) is 6.07 Å². The monoisotopic (exact) mass is 286 g/mol. The molecule has 4 heteroatoms. The highest BCUT2D eigenvalue weighted by molar-refractivity contribution is 9.10. The molecule has 0 heterocycles. The van der Waals surface area contributed by atoms with Crippen molar-refractivity contribution in [3.8, 4) is 0 Å². The summed E-state index contributed by atoms with van der Waals surface area (Å²) in [6.45, 7) is 4.08. The van der Waals surface area contributed by atoms with Crippen LogP contribution in [0.1, 0.15) is 25.8 Å². The molecular weight excluding hydrogens is 271 g/mol. The van der Waals surface area contributed by atoms with Gasteiger partial charge >= 0.3 is 0 Å². The molecule has 2 nitrogen and oxygen atoms in total. The zero-order valence-electron chi connectivity index (χ0n) is 9.70. The Hall–Kier alpha value is -0.900. The van der Waals surface area contributed by atoms with Crippen LogP contribution in [-0.2, 0) is 5.41 Å². The van der Waals surface area contributed by atoms with Crippen molar-refractivity contribution in [3.05, 3.63) is 34.1 Å². The lowest BCUT2D eigenvalue weighted by atomic mass is 9.81. The van der Waals surface area contributed by atoms with Crippen LogP contribution in [0, 0.1) is 11.2 Å². The lowest BCUT2D eigenvalue weighted by Crippen LogP contribution is -2.28. The first-order chi connectivity index (χ1) is 7.36. The molecule has 0 bridgehead atoms. The molecule has 1 aromatic rings. The van der Waals surface area contributed by atoms with E-state index in [1.54, 1.807) is 19.2 Å². The molecule has 0 aliphatic rings. The molecule has 2 N–H and O–H groups in total. The smallest absolute Gasteiger partial charge is 0.137 e. The number of rotatable bonds is 3. The molecule has 0 aromatic heterocycles. The van der Waals surface area contributed by atoms with E-state index in [9.17, 15) is 4.39 Å². The summed E-state index contributed by atoms with van der Waals surface area (Å²) in [6, 6.07) is 4.99. The first-order valence-corrected chi connectivity index (χ1v) is 5.87. The fourth-order valence-corrected chi connectivity index (χ4v) is 1.93. The summed E-state index contributed by atoms with van der Waals surface area (Å²) >= 11 is 3.18. The number of hydrogen-bond donors (Lipinski definition) is 2. The van der Waals surface area contributed by atoms with Gasteiger partial charge in [0.05, 0.1) is 10.3 Å². The first-order valence-electron chi connectivity index (χ1n) is 5.07.